The fourth-order valence-electron chi connectivity index (χ4n) is 8.25. The van der Waals surface area contributed by atoms with E-state index >= 15 is 0 Å². The minimum Gasteiger partial charge on any atom is -0.277 e. The van der Waals surface area contributed by atoms with Gasteiger partial charge in [-0.25, -0.2) is 9.97 Å². The van der Waals surface area contributed by atoms with Gasteiger partial charge in [0.25, 0.3) is 0 Å². The maximum absolute atomic E-state index is 5.44. The lowest BCUT2D eigenvalue weighted by Gasteiger charge is -2.17. The zero-order chi connectivity index (χ0) is 34.1. The van der Waals surface area contributed by atoms with Crippen LogP contribution < -0.4 is 0 Å². The van der Waals surface area contributed by atoms with Crippen molar-refractivity contribution in [3.63, 3.8) is 0 Å². The van der Waals surface area contributed by atoms with Crippen molar-refractivity contribution in [1.82, 2.24) is 14.5 Å². The first-order valence-corrected chi connectivity index (χ1v) is 17.5. The van der Waals surface area contributed by atoms with Gasteiger partial charge in [0.2, 0.25) is 5.95 Å². The zero-order valence-electron chi connectivity index (χ0n) is 28.4. The summed E-state index contributed by atoms with van der Waals surface area (Å²) in [6.07, 6.45) is 0. The van der Waals surface area contributed by atoms with E-state index in [4.69, 9.17) is 9.97 Å². The monoisotopic (exact) mass is 651 g/mol. The van der Waals surface area contributed by atoms with Crippen LogP contribution >= 0.6 is 0 Å². The van der Waals surface area contributed by atoms with Gasteiger partial charge in [0.05, 0.1) is 22.4 Å². The van der Waals surface area contributed by atoms with Gasteiger partial charge in [-0.05, 0) is 63.7 Å². The van der Waals surface area contributed by atoms with Crippen molar-refractivity contribution in [2.45, 2.75) is 13.8 Å². The third kappa shape index (κ3) is 4.45. The lowest BCUT2D eigenvalue weighted by Crippen LogP contribution is -2.05. The molecule has 0 aliphatic heterocycles. The Kier molecular flexibility index (Phi) is 6.62. The highest BCUT2D eigenvalue weighted by atomic mass is 15.2. The van der Waals surface area contributed by atoms with E-state index in [2.05, 4.69) is 182 Å². The van der Waals surface area contributed by atoms with Crippen LogP contribution in [-0.2, 0) is 0 Å². The molecule has 0 saturated heterocycles. The first-order chi connectivity index (χ1) is 25.2. The molecule has 0 N–H and O–H groups in total. The number of hydrogen-bond acceptors (Lipinski definition) is 2. The maximum Gasteiger partial charge on any atom is 0.235 e. The molecular formula is C48H33N3. The average molecular weight is 652 g/mol. The molecule has 0 spiro atoms. The molecule has 0 atom stereocenters. The molecule has 0 bridgehead atoms. The standard InChI is InChI=1S/C48H33N3/c1-30-17-9-10-22-34(30)43-31(2)44-45-37-25-13-11-23-35(37)36-24-12-15-27-39(36)47(45)51(46(44)40-28-16-14-26-38(40)43)48-49-41(32-18-5-3-6-19-32)29-42(50-48)33-20-7-4-8-21-33/h3-29H,1-2H3. The molecule has 3 heteroatoms. The van der Waals surface area contributed by atoms with Crippen molar-refractivity contribution in [2.75, 3.05) is 0 Å². The molecule has 240 valence electrons. The molecule has 0 amide bonds. The Labute approximate surface area is 296 Å². The third-order valence-corrected chi connectivity index (χ3v) is 10.5. The number of nitrogens with zero attached hydrogens (tertiary/aromatic N) is 3. The second-order valence-corrected chi connectivity index (χ2v) is 13.4. The van der Waals surface area contributed by atoms with Crippen molar-refractivity contribution in [3.05, 3.63) is 175 Å². The van der Waals surface area contributed by atoms with Crippen LogP contribution in [0.4, 0.5) is 0 Å². The summed E-state index contributed by atoms with van der Waals surface area (Å²) < 4.78 is 2.37. The highest BCUT2D eigenvalue weighted by Gasteiger charge is 2.26. The van der Waals surface area contributed by atoms with E-state index < -0.39 is 0 Å². The fraction of sp³-hybridized carbons (Fsp3) is 0.0417. The lowest BCUT2D eigenvalue weighted by molar-refractivity contribution is 1.00. The highest BCUT2D eigenvalue weighted by molar-refractivity contribution is 6.36. The van der Waals surface area contributed by atoms with Gasteiger partial charge in [-0.1, -0.05) is 158 Å². The number of benzene rings is 8. The molecule has 2 aromatic heterocycles. The summed E-state index contributed by atoms with van der Waals surface area (Å²) in [6, 6.07) is 58.3. The molecule has 3 nitrogen and oxygen atoms in total. The molecule has 10 rings (SSSR count). The number of aryl methyl sites for hydroxylation is 2. The Hall–Kier alpha value is -6.58. The van der Waals surface area contributed by atoms with E-state index in [0.29, 0.717) is 5.95 Å². The van der Waals surface area contributed by atoms with Crippen LogP contribution in [-0.4, -0.2) is 14.5 Å². The maximum atomic E-state index is 5.44. The molecule has 0 aliphatic carbocycles. The Morgan fingerprint density at radius 3 is 1.47 bits per heavy atom. The summed E-state index contributed by atoms with van der Waals surface area (Å²) >= 11 is 0. The molecule has 0 aliphatic rings. The predicted molar refractivity (Wildman–Crippen MR) is 215 cm³/mol. The van der Waals surface area contributed by atoms with E-state index in [9.17, 15) is 0 Å². The molecular weight excluding hydrogens is 619 g/mol. The van der Waals surface area contributed by atoms with Crippen LogP contribution in [0.1, 0.15) is 11.1 Å². The molecule has 8 aromatic carbocycles. The number of aromatic nitrogens is 3. The highest BCUT2D eigenvalue weighted by Crippen LogP contribution is 2.48. The molecule has 0 fully saturated rings. The van der Waals surface area contributed by atoms with Gasteiger partial charge in [0, 0.05) is 32.7 Å². The first kappa shape index (κ1) is 29.3. The summed E-state index contributed by atoms with van der Waals surface area (Å²) in [4.78, 5) is 10.9. The molecule has 2 heterocycles. The normalized spacial score (nSPS) is 11.7. The average Bonchev–Trinajstić information content (AvgIpc) is 3.57. The van der Waals surface area contributed by atoms with Crippen LogP contribution in [0, 0.1) is 13.8 Å². The van der Waals surface area contributed by atoms with Crippen LogP contribution in [0.2, 0.25) is 0 Å². The lowest BCUT2D eigenvalue weighted by atomic mass is 9.87. The van der Waals surface area contributed by atoms with Gasteiger partial charge in [-0.15, -0.1) is 0 Å². The minimum atomic E-state index is 0.656. The largest absolute Gasteiger partial charge is 0.277 e. The van der Waals surface area contributed by atoms with E-state index in [1.807, 2.05) is 0 Å². The number of hydrogen-bond donors (Lipinski definition) is 0. The Bertz CT molecular complexity index is 2920. The van der Waals surface area contributed by atoms with Crippen LogP contribution in [0.25, 0.3) is 93.7 Å². The van der Waals surface area contributed by atoms with Crippen molar-refractivity contribution in [3.8, 4) is 39.6 Å². The molecule has 0 unspecified atom stereocenters. The zero-order valence-corrected chi connectivity index (χ0v) is 28.4. The minimum absolute atomic E-state index is 0.656. The van der Waals surface area contributed by atoms with E-state index in [0.717, 1.165) is 33.5 Å². The summed E-state index contributed by atoms with van der Waals surface area (Å²) in [5.74, 6) is 0.656. The molecule has 0 saturated carbocycles. The smallest absolute Gasteiger partial charge is 0.235 e. The summed E-state index contributed by atoms with van der Waals surface area (Å²) in [7, 11) is 0. The number of rotatable bonds is 4. The quantitative estimate of drug-likeness (QED) is 0.177. The van der Waals surface area contributed by atoms with E-state index in [1.165, 1.54) is 65.3 Å². The summed E-state index contributed by atoms with van der Waals surface area (Å²) in [6.45, 7) is 4.52. The molecule has 0 radical (unpaired) electrons. The van der Waals surface area contributed by atoms with Crippen molar-refractivity contribution in [2.24, 2.45) is 0 Å². The van der Waals surface area contributed by atoms with Crippen molar-refractivity contribution in [1.29, 1.82) is 0 Å². The van der Waals surface area contributed by atoms with Gasteiger partial charge < -0.3 is 0 Å². The van der Waals surface area contributed by atoms with Gasteiger partial charge >= 0.3 is 0 Å². The SMILES string of the molecule is Cc1ccccc1-c1c(C)c2c3c4ccccc4c4ccccc4c3n(-c3nc(-c4ccccc4)cc(-c4ccccc4)n3)c2c2ccccc12. The Balaban J connectivity index is 1.49. The molecule has 10 aromatic rings. The first-order valence-electron chi connectivity index (χ1n) is 17.5. The van der Waals surface area contributed by atoms with E-state index in [-0.39, 0.29) is 0 Å². The van der Waals surface area contributed by atoms with Crippen LogP contribution in [0.5, 0.6) is 0 Å². The van der Waals surface area contributed by atoms with Gasteiger partial charge in [0.1, 0.15) is 0 Å². The van der Waals surface area contributed by atoms with Gasteiger partial charge in [-0.2, -0.15) is 0 Å². The van der Waals surface area contributed by atoms with Crippen LogP contribution in [0.3, 0.4) is 0 Å². The Morgan fingerprint density at radius 1 is 0.412 bits per heavy atom. The number of fused-ring (bicyclic) bond motifs is 10. The predicted octanol–water partition coefficient (Wildman–Crippen LogP) is 12.7. The summed E-state index contributed by atoms with van der Waals surface area (Å²) in [5, 5.41) is 9.73. The van der Waals surface area contributed by atoms with Crippen molar-refractivity contribution >= 4 is 54.1 Å². The van der Waals surface area contributed by atoms with E-state index in [1.54, 1.807) is 0 Å². The van der Waals surface area contributed by atoms with Gasteiger partial charge in [-0.3, -0.25) is 4.57 Å². The summed E-state index contributed by atoms with van der Waals surface area (Å²) in [5.41, 5.74) is 11.2. The van der Waals surface area contributed by atoms with Crippen LogP contribution in [0.15, 0.2) is 164 Å². The second-order valence-electron chi connectivity index (χ2n) is 13.4. The topological polar surface area (TPSA) is 30.7 Å². The third-order valence-electron chi connectivity index (χ3n) is 10.5. The van der Waals surface area contributed by atoms with Gasteiger partial charge in [0.15, 0.2) is 0 Å². The fourth-order valence-corrected chi connectivity index (χ4v) is 8.25. The molecule has 51 heavy (non-hydrogen) atoms. The Morgan fingerprint density at radius 2 is 0.863 bits per heavy atom. The van der Waals surface area contributed by atoms with Crippen molar-refractivity contribution < 1.29 is 0 Å². The second kappa shape index (κ2) is 11.5.